The molecule has 0 aromatic carbocycles. The molecule has 1 atom stereocenters. The van der Waals surface area contributed by atoms with E-state index in [2.05, 4.69) is 5.32 Å². The third-order valence-corrected chi connectivity index (χ3v) is 1.58. The van der Waals surface area contributed by atoms with Gasteiger partial charge >= 0.3 is 0 Å². The second kappa shape index (κ2) is 6.62. The summed E-state index contributed by atoms with van der Waals surface area (Å²) in [4.78, 5) is 11.1. The number of nitriles is 1. The lowest BCUT2D eigenvalue weighted by atomic mass is 10.1. The number of amides is 1. The second-order valence-electron chi connectivity index (χ2n) is 2.68. The number of nitrogens with two attached hydrogens (primary N) is 1. The zero-order valence-corrected chi connectivity index (χ0v) is 7.34. The number of carbonyl (C=O) groups is 1. The normalized spacial score (nSPS) is 11.8. The van der Waals surface area contributed by atoms with Crippen LogP contribution >= 0.6 is 0 Å². The number of hydrogen-bond donors (Lipinski definition) is 2. The molecule has 0 rings (SSSR count). The van der Waals surface area contributed by atoms with Crippen LogP contribution in [0, 0.1) is 17.2 Å². The summed E-state index contributed by atoms with van der Waals surface area (Å²) in [5.74, 6) is -0.0654. The first-order chi connectivity index (χ1) is 5.72. The fourth-order valence-electron chi connectivity index (χ4n) is 0.797. The highest BCUT2D eigenvalue weighted by Gasteiger charge is 2.09. The minimum absolute atomic E-state index is 0.0179. The van der Waals surface area contributed by atoms with E-state index in [0.717, 1.165) is 0 Å². The molecule has 0 aromatic heterocycles. The quantitative estimate of drug-likeness (QED) is 0.568. The predicted molar refractivity (Wildman–Crippen MR) is 46.1 cm³/mol. The van der Waals surface area contributed by atoms with Crippen molar-refractivity contribution in [3.63, 3.8) is 0 Å². The lowest BCUT2D eigenvalue weighted by molar-refractivity contribution is -0.124. The number of rotatable bonds is 5. The van der Waals surface area contributed by atoms with Gasteiger partial charge in [0.05, 0.1) is 12.5 Å². The van der Waals surface area contributed by atoms with Crippen LogP contribution < -0.4 is 11.1 Å². The van der Waals surface area contributed by atoms with E-state index in [0.29, 0.717) is 25.9 Å². The van der Waals surface area contributed by atoms with Crippen molar-refractivity contribution in [2.45, 2.75) is 19.8 Å². The molecule has 0 saturated carbocycles. The summed E-state index contributed by atoms with van der Waals surface area (Å²) in [6.07, 6.45) is 1.06. The summed E-state index contributed by atoms with van der Waals surface area (Å²) in [6.45, 7) is 2.78. The van der Waals surface area contributed by atoms with Crippen LogP contribution in [0.15, 0.2) is 0 Å². The molecule has 4 heteroatoms. The number of carbonyl (C=O) groups excluding carboxylic acids is 1. The molecule has 1 unspecified atom stereocenters. The maximum Gasteiger partial charge on any atom is 0.222 e. The maximum absolute atomic E-state index is 11.1. The Labute approximate surface area is 72.7 Å². The van der Waals surface area contributed by atoms with Crippen molar-refractivity contribution >= 4 is 5.91 Å². The molecule has 0 spiro atoms. The highest BCUT2D eigenvalue weighted by Crippen LogP contribution is 1.98. The number of hydrogen-bond acceptors (Lipinski definition) is 3. The van der Waals surface area contributed by atoms with Crippen molar-refractivity contribution in [2.24, 2.45) is 11.7 Å². The largest absolute Gasteiger partial charge is 0.355 e. The summed E-state index contributed by atoms with van der Waals surface area (Å²) in [6, 6.07) is 1.95. The van der Waals surface area contributed by atoms with Crippen LogP contribution in [0.1, 0.15) is 19.8 Å². The molecule has 0 aliphatic heterocycles. The van der Waals surface area contributed by atoms with Crippen LogP contribution in [0.5, 0.6) is 0 Å². The summed E-state index contributed by atoms with van der Waals surface area (Å²) in [5, 5.41) is 10.9. The average Bonchev–Trinajstić information content (AvgIpc) is 2.05. The molecule has 0 aliphatic carbocycles. The van der Waals surface area contributed by atoms with Gasteiger partial charge in [-0.3, -0.25) is 4.79 Å². The predicted octanol–water partition coefficient (Wildman–Crippen LogP) is 0.00118. The Hall–Kier alpha value is -1.08. The maximum atomic E-state index is 11.1. The van der Waals surface area contributed by atoms with Gasteiger partial charge in [0.1, 0.15) is 0 Å². The van der Waals surface area contributed by atoms with Gasteiger partial charge in [-0.1, -0.05) is 6.92 Å². The molecule has 1 amide bonds. The fraction of sp³-hybridized carbons (Fsp3) is 0.750. The second-order valence-corrected chi connectivity index (χ2v) is 2.68. The Bertz CT molecular complexity index is 174. The lowest BCUT2D eigenvalue weighted by Gasteiger charge is -2.09. The smallest absolute Gasteiger partial charge is 0.222 e. The van der Waals surface area contributed by atoms with Gasteiger partial charge in [0.2, 0.25) is 5.91 Å². The van der Waals surface area contributed by atoms with Gasteiger partial charge in [-0.2, -0.15) is 5.26 Å². The van der Waals surface area contributed by atoms with Crippen LogP contribution in [0.2, 0.25) is 0 Å². The molecule has 12 heavy (non-hydrogen) atoms. The number of nitrogens with zero attached hydrogens (tertiary/aromatic N) is 1. The third-order valence-electron chi connectivity index (χ3n) is 1.58. The Balaban J connectivity index is 3.51. The standard InChI is InChI=1S/C8H15N3O/c1-7(3-5-10)8(12)11-6-2-4-9/h7H,2-3,5-6,10H2,1H3,(H,11,12). The van der Waals surface area contributed by atoms with E-state index >= 15 is 0 Å². The van der Waals surface area contributed by atoms with Crippen LogP contribution in [0.4, 0.5) is 0 Å². The fourth-order valence-corrected chi connectivity index (χ4v) is 0.797. The Morgan fingerprint density at radius 2 is 2.42 bits per heavy atom. The molecule has 0 heterocycles. The van der Waals surface area contributed by atoms with Gasteiger partial charge in [0.25, 0.3) is 0 Å². The molecule has 0 radical (unpaired) electrons. The molecule has 3 N–H and O–H groups in total. The van der Waals surface area contributed by atoms with E-state index in [1.54, 1.807) is 0 Å². The van der Waals surface area contributed by atoms with Crippen molar-refractivity contribution in [1.29, 1.82) is 5.26 Å². The number of nitrogens with one attached hydrogen (secondary N) is 1. The van der Waals surface area contributed by atoms with Crippen LogP contribution in [-0.4, -0.2) is 19.0 Å². The first-order valence-electron chi connectivity index (χ1n) is 4.07. The lowest BCUT2D eigenvalue weighted by Crippen LogP contribution is -2.30. The first kappa shape index (κ1) is 10.9. The van der Waals surface area contributed by atoms with Crippen LogP contribution in [-0.2, 0) is 4.79 Å². The summed E-state index contributed by atoms with van der Waals surface area (Å²) < 4.78 is 0. The Morgan fingerprint density at radius 3 is 2.92 bits per heavy atom. The van der Waals surface area contributed by atoms with E-state index in [-0.39, 0.29) is 11.8 Å². The summed E-state index contributed by atoms with van der Waals surface area (Å²) in [5.41, 5.74) is 5.29. The van der Waals surface area contributed by atoms with Gasteiger partial charge in [0.15, 0.2) is 0 Å². The van der Waals surface area contributed by atoms with E-state index in [4.69, 9.17) is 11.0 Å². The molecule has 0 bridgehead atoms. The van der Waals surface area contributed by atoms with Crippen LogP contribution in [0.25, 0.3) is 0 Å². The van der Waals surface area contributed by atoms with Crippen molar-refractivity contribution < 1.29 is 4.79 Å². The van der Waals surface area contributed by atoms with Gasteiger partial charge in [0, 0.05) is 12.5 Å². The molecule has 0 saturated heterocycles. The SMILES string of the molecule is CC(CCN)C(=O)NCCC#N. The third kappa shape index (κ3) is 4.69. The molecule has 68 valence electrons. The Kier molecular flexibility index (Phi) is 6.02. The van der Waals surface area contributed by atoms with Crippen molar-refractivity contribution in [1.82, 2.24) is 5.32 Å². The van der Waals surface area contributed by atoms with Crippen molar-refractivity contribution in [3.05, 3.63) is 0 Å². The monoisotopic (exact) mass is 169 g/mol. The average molecular weight is 169 g/mol. The molecular weight excluding hydrogens is 154 g/mol. The molecule has 4 nitrogen and oxygen atoms in total. The van der Waals surface area contributed by atoms with Gasteiger partial charge < -0.3 is 11.1 Å². The summed E-state index contributed by atoms with van der Waals surface area (Å²) in [7, 11) is 0. The molecule has 0 fully saturated rings. The molecular formula is C8H15N3O. The van der Waals surface area contributed by atoms with E-state index in [9.17, 15) is 4.79 Å². The van der Waals surface area contributed by atoms with E-state index in [1.165, 1.54) is 0 Å². The minimum Gasteiger partial charge on any atom is -0.355 e. The first-order valence-corrected chi connectivity index (χ1v) is 4.07. The van der Waals surface area contributed by atoms with Gasteiger partial charge in [-0.25, -0.2) is 0 Å². The highest BCUT2D eigenvalue weighted by atomic mass is 16.1. The van der Waals surface area contributed by atoms with E-state index in [1.807, 2.05) is 13.0 Å². The van der Waals surface area contributed by atoms with Crippen molar-refractivity contribution in [3.8, 4) is 6.07 Å². The molecule has 0 aliphatic rings. The highest BCUT2D eigenvalue weighted by molar-refractivity contribution is 5.78. The van der Waals surface area contributed by atoms with Crippen LogP contribution in [0.3, 0.4) is 0 Å². The molecule has 0 aromatic rings. The zero-order chi connectivity index (χ0) is 9.40. The minimum atomic E-state index is -0.0475. The van der Waals surface area contributed by atoms with E-state index < -0.39 is 0 Å². The van der Waals surface area contributed by atoms with Crippen molar-refractivity contribution in [2.75, 3.05) is 13.1 Å². The van der Waals surface area contributed by atoms with Gasteiger partial charge in [-0.05, 0) is 13.0 Å². The zero-order valence-electron chi connectivity index (χ0n) is 7.34. The Morgan fingerprint density at radius 1 is 1.75 bits per heavy atom. The summed E-state index contributed by atoms with van der Waals surface area (Å²) >= 11 is 0. The topological polar surface area (TPSA) is 78.9 Å². The van der Waals surface area contributed by atoms with Gasteiger partial charge in [-0.15, -0.1) is 0 Å².